The van der Waals surface area contributed by atoms with Crippen LogP contribution in [0.25, 0.3) is 0 Å². The van der Waals surface area contributed by atoms with Crippen molar-refractivity contribution in [1.82, 2.24) is 5.32 Å². The fourth-order valence-electron chi connectivity index (χ4n) is 0.655. The fourth-order valence-corrected chi connectivity index (χ4v) is 1.32. The quantitative estimate of drug-likeness (QED) is 0.605. The number of carbonyl (C=O) groups is 2. The molecular formula is C9H17NO4S. The lowest BCUT2D eigenvalue weighted by Gasteiger charge is -2.02. The van der Waals surface area contributed by atoms with Crippen LogP contribution >= 0.6 is 11.8 Å². The predicted octanol–water partition coefficient (Wildman–Crippen LogP) is 0.0453. The summed E-state index contributed by atoms with van der Waals surface area (Å²) in [7, 11) is 0.214. The average molecular weight is 238 g/mol. The Bertz CT molecular complexity index is 241. The van der Waals surface area contributed by atoms with Gasteiger partial charge in [0, 0.05) is 20.5 Å². The van der Waals surface area contributed by atoms with E-state index in [4.69, 9.17) is 7.48 Å². The van der Waals surface area contributed by atoms with Crippen molar-refractivity contribution in [2.24, 2.45) is 0 Å². The molecule has 0 aromatic carbocycles. The van der Waals surface area contributed by atoms with E-state index in [1.165, 1.54) is 7.05 Å². The smallest absolute Gasteiger partial charge is 0.230 e. The molecular weight excluding hydrogens is 218 g/mol. The largest absolute Gasteiger partial charge is 0.382 e. The van der Waals surface area contributed by atoms with Crippen molar-refractivity contribution in [1.29, 1.82) is 0 Å². The van der Waals surface area contributed by atoms with Gasteiger partial charge < -0.3 is 14.8 Å². The highest BCUT2D eigenvalue weighted by Gasteiger charge is 2.05. The van der Waals surface area contributed by atoms with Crippen molar-refractivity contribution in [3.05, 3.63) is 0 Å². The van der Waals surface area contributed by atoms with Gasteiger partial charge in [-0.15, -0.1) is 0 Å². The Morgan fingerprint density at radius 3 is 3.00 bits per heavy atom. The second-order valence-electron chi connectivity index (χ2n) is 2.57. The Hall–Kier alpha value is -0.590. The molecule has 0 aromatic heterocycles. The first-order valence-electron chi connectivity index (χ1n) is 5.61. The third kappa shape index (κ3) is 9.71. The Morgan fingerprint density at radius 2 is 2.33 bits per heavy atom. The summed E-state index contributed by atoms with van der Waals surface area (Å²) in [5.74, 6) is -0.0627. The molecule has 0 aliphatic carbocycles. The van der Waals surface area contributed by atoms with Crippen molar-refractivity contribution in [2.75, 3.05) is 39.7 Å². The zero-order chi connectivity index (χ0) is 13.1. The van der Waals surface area contributed by atoms with Gasteiger partial charge in [0.2, 0.25) is 5.91 Å². The second kappa shape index (κ2) is 9.95. The predicted molar refractivity (Wildman–Crippen MR) is 58.8 cm³/mol. The number of methoxy groups -OCH3 is 1. The molecule has 5 nitrogen and oxygen atoms in total. The van der Waals surface area contributed by atoms with E-state index in [0.29, 0.717) is 0 Å². The molecule has 1 N–H and O–H groups in total. The van der Waals surface area contributed by atoms with Crippen molar-refractivity contribution in [3.63, 3.8) is 0 Å². The third-order valence-electron chi connectivity index (χ3n) is 1.44. The molecule has 0 fully saturated rings. The van der Waals surface area contributed by atoms with Crippen LogP contribution in [0.1, 0.15) is 9.16 Å². The molecule has 0 aliphatic heterocycles. The van der Waals surface area contributed by atoms with Gasteiger partial charge in [0.15, 0.2) is 5.12 Å². The van der Waals surface area contributed by atoms with Crippen LogP contribution in [0.3, 0.4) is 0 Å². The molecule has 0 aromatic rings. The molecule has 1 atom stereocenters. The summed E-state index contributed by atoms with van der Waals surface area (Å²) in [6, 6.07) is 0. The highest BCUT2D eigenvalue weighted by molar-refractivity contribution is 8.14. The van der Waals surface area contributed by atoms with Crippen LogP contribution in [0.2, 0.25) is 0 Å². The molecule has 0 saturated carbocycles. The molecule has 0 aliphatic rings. The van der Waals surface area contributed by atoms with Crippen LogP contribution in [-0.2, 0) is 19.1 Å². The minimum atomic E-state index is -1.30. The molecule has 0 radical (unpaired) electrons. The molecule has 0 spiro atoms. The topological polar surface area (TPSA) is 64.6 Å². The first kappa shape index (κ1) is 10.9. The number of hydrogen-bond acceptors (Lipinski definition) is 5. The zero-order valence-corrected chi connectivity index (χ0v) is 9.47. The van der Waals surface area contributed by atoms with Crippen LogP contribution < -0.4 is 5.32 Å². The minimum Gasteiger partial charge on any atom is -0.382 e. The molecule has 0 saturated heterocycles. The first-order chi connectivity index (χ1) is 8.06. The van der Waals surface area contributed by atoms with E-state index in [0.717, 1.165) is 11.8 Å². The van der Waals surface area contributed by atoms with E-state index in [-0.39, 0.29) is 43.0 Å². The van der Waals surface area contributed by atoms with Gasteiger partial charge in [-0.1, -0.05) is 11.8 Å². The molecule has 88 valence electrons. The van der Waals surface area contributed by atoms with Crippen LogP contribution in [0.15, 0.2) is 0 Å². The summed E-state index contributed by atoms with van der Waals surface area (Å²) in [5, 5.41) is 2.32. The maximum absolute atomic E-state index is 11.2. The maximum atomic E-state index is 11.2. The lowest BCUT2D eigenvalue weighted by atomic mass is 10.5. The summed E-state index contributed by atoms with van der Waals surface area (Å²) in [6.07, 6.45) is 0.229. The van der Waals surface area contributed by atoms with E-state index in [9.17, 15) is 9.59 Å². The van der Waals surface area contributed by atoms with Gasteiger partial charge in [0.05, 0.1) is 28.3 Å². The number of hydrogen-bond donors (Lipinski definition) is 1. The van der Waals surface area contributed by atoms with Crippen molar-refractivity contribution < 1.29 is 21.8 Å². The summed E-state index contributed by atoms with van der Waals surface area (Å²) in [4.78, 5) is 22.0. The minimum absolute atomic E-state index is 0.103. The molecule has 0 rings (SSSR count). The van der Waals surface area contributed by atoms with Gasteiger partial charge in [-0.25, -0.2) is 0 Å². The number of thioether (sulfide) groups is 1. The van der Waals surface area contributed by atoms with Crippen molar-refractivity contribution in [3.8, 4) is 0 Å². The first-order valence-corrected chi connectivity index (χ1v) is 5.45. The number of ether oxygens (including phenoxy) is 2. The summed E-state index contributed by atoms with van der Waals surface area (Å²) in [5.41, 5.74) is 0. The van der Waals surface area contributed by atoms with E-state index < -0.39 is 7.06 Å². The summed E-state index contributed by atoms with van der Waals surface area (Å²) in [6.45, 7) is 0.669. The molecule has 6 heteroatoms. The normalized spacial score (nSPS) is 13.9. The van der Waals surface area contributed by atoms with Crippen LogP contribution in [-0.4, -0.2) is 50.7 Å². The van der Waals surface area contributed by atoms with E-state index >= 15 is 0 Å². The third-order valence-corrected chi connectivity index (χ3v) is 2.37. The highest BCUT2D eigenvalue weighted by Crippen LogP contribution is 2.04. The average Bonchev–Trinajstić information content (AvgIpc) is 2.30. The standard InChI is InChI=1S/C9H17NO4S/c1-10-8(11)7-15-9(12)3-4-14-6-5-13-2/h3-7H2,1-2H3,(H,10,11)/i2TD. The van der Waals surface area contributed by atoms with Crippen LogP contribution in [0, 0.1) is 0 Å². The molecule has 15 heavy (non-hydrogen) atoms. The summed E-state index contributed by atoms with van der Waals surface area (Å²) >= 11 is 0.956. The molecule has 0 heterocycles. The van der Waals surface area contributed by atoms with E-state index in [1.807, 2.05) is 0 Å². The Kier molecular flexibility index (Phi) is 7.24. The maximum Gasteiger partial charge on any atom is 0.230 e. The second-order valence-corrected chi connectivity index (χ2v) is 3.60. The van der Waals surface area contributed by atoms with Crippen LogP contribution in [0.5, 0.6) is 0 Å². The van der Waals surface area contributed by atoms with Gasteiger partial charge in [-0.05, 0) is 0 Å². The van der Waals surface area contributed by atoms with E-state index in [1.54, 1.807) is 0 Å². The number of carbonyl (C=O) groups excluding carboxylic acids is 2. The monoisotopic (exact) mass is 238 g/mol. The number of nitrogens with one attached hydrogen (secondary N) is 1. The van der Waals surface area contributed by atoms with Gasteiger partial charge in [-0.3, -0.25) is 9.59 Å². The Balaban J connectivity index is 3.30. The van der Waals surface area contributed by atoms with Crippen LogP contribution in [0.4, 0.5) is 0 Å². The van der Waals surface area contributed by atoms with E-state index in [2.05, 4.69) is 10.1 Å². The number of amides is 1. The van der Waals surface area contributed by atoms with Gasteiger partial charge in [0.25, 0.3) is 0 Å². The highest BCUT2D eigenvalue weighted by atomic mass is 32.2. The Labute approximate surface area is 96.7 Å². The summed E-state index contributed by atoms with van der Waals surface area (Å²) < 4.78 is 23.1. The van der Waals surface area contributed by atoms with Crippen molar-refractivity contribution >= 4 is 22.8 Å². The van der Waals surface area contributed by atoms with Gasteiger partial charge in [-0.2, -0.15) is 0 Å². The lowest BCUT2D eigenvalue weighted by Crippen LogP contribution is -2.20. The fraction of sp³-hybridized carbons (Fsp3) is 0.778. The molecule has 1 amide bonds. The SMILES string of the molecule is [2H]C([3H])OCCOCCC(=O)SCC(=O)NC. The molecule has 1 unspecified atom stereocenters. The Morgan fingerprint density at radius 1 is 1.53 bits per heavy atom. The van der Waals surface area contributed by atoms with Crippen molar-refractivity contribution in [2.45, 2.75) is 6.42 Å². The number of rotatable bonds is 8. The van der Waals surface area contributed by atoms with Gasteiger partial charge in [0.1, 0.15) is 0 Å². The van der Waals surface area contributed by atoms with Gasteiger partial charge >= 0.3 is 0 Å². The lowest BCUT2D eigenvalue weighted by molar-refractivity contribution is -0.118. The molecule has 0 bridgehead atoms. The zero-order valence-electron chi connectivity index (χ0n) is 10.7.